The van der Waals surface area contributed by atoms with Crippen LogP contribution in [0, 0.1) is 23.7 Å². The van der Waals surface area contributed by atoms with Crippen LogP contribution in [0.1, 0.15) is 79.4 Å². The Balaban J connectivity index is -0.000000189. The van der Waals surface area contributed by atoms with Gasteiger partial charge in [-0.25, -0.2) is 0 Å². The van der Waals surface area contributed by atoms with E-state index >= 15 is 0 Å². The fourth-order valence-electron chi connectivity index (χ4n) is 2.44. The monoisotopic (exact) mass is 508 g/mol. The lowest BCUT2D eigenvalue weighted by Crippen LogP contribution is -1.92. The van der Waals surface area contributed by atoms with E-state index in [0.29, 0.717) is 25.0 Å². The van der Waals surface area contributed by atoms with Gasteiger partial charge in [-0.2, -0.15) is 0 Å². The normalized spacial score (nSPS) is 9.39. The van der Waals surface area contributed by atoms with Crippen LogP contribution in [-0.4, -0.2) is 47.9 Å². The van der Waals surface area contributed by atoms with Crippen LogP contribution in [0.15, 0.2) is 60.7 Å². The molecule has 0 aromatic heterocycles. The third-order valence-electron chi connectivity index (χ3n) is 4.41. The molecule has 0 saturated carbocycles. The first-order valence-electron chi connectivity index (χ1n) is 13.3. The molecular weight excluding hydrogens is 448 g/mol. The van der Waals surface area contributed by atoms with Gasteiger partial charge in [0, 0.05) is 27.4 Å². The molecule has 0 radical (unpaired) electrons. The molecule has 0 saturated heterocycles. The second-order valence-corrected chi connectivity index (χ2v) is 9.98. The van der Waals surface area contributed by atoms with Crippen molar-refractivity contribution in [2.24, 2.45) is 23.7 Å². The second kappa shape index (κ2) is 33.3. The first-order chi connectivity index (χ1) is 17.1. The standard InChI is InChI=1S/C11H16.C10H14.C5H12O.C4H10O.2CH4O/c1-10(2)8-9-11-6-4-3-5-7-11;1-9(2)8-10-6-4-3-5-7-10;1-5(2)3-4-6;1-4(2)3-5;2*1-2/h3-7,10H,8-9H2,1-2H3;3-7,9H,8H2,1-2H3;5-6H,3-4H2,1-2H3;4-5H,3H2,1-2H3;2*2H,1H3. The fraction of sp³-hybridized carbons (Fsp3) is 0.625. The lowest BCUT2D eigenvalue weighted by atomic mass is 10.0. The van der Waals surface area contributed by atoms with Gasteiger partial charge in [0.1, 0.15) is 0 Å². The van der Waals surface area contributed by atoms with Crippen LogP contribution in [0.5, 0.6) is 0 Å². The maximum absolute atomic E-state index is 8.24. The van der Waals surface area contributed by atoms with Crippen LogP contribution in [0.4, 0.5) is 0 Å². The summed E-state index contributed by atoms with van der Waals surface area (Å²) in [4.78, 5) is 0. The van der Waals surface area contributed by atoms with Gasteiger partial charge in [-0.1, -0.05) is 116 Å². The zero-order valence-electron chi connectivity index (χ0n) is 25.1. The molecule has 0 bridgehead atoms. The summed E-state index contributed by atoms with van der Waals surface area (Å²) in [5, 5.41) is 30.4. The molecule has 212 valence electrons. The fourth-order valence-corrected chi connectivity index (χ4v) is 2.44. The van der Waals surface area contributed by atoms with Crippen molar-refractivity contribution in [2.45, 2.75) is 81.1 Å². The van der Waals surface area contributed by atoms with Crippen molar-refractivity contribution in [1.82, 2.24) is 0 Å². The Morgan fingerprint density at radius 1 is 0.500 bits per heavy atom. The Bertz CT molecular complexity index is 596. The third kappa shape index (κ3) is 39.5. The molecule has 0 aliphatic carbocycles. The summed E-state index contributed by atoms with van der Waals surface area (Å²) >= 11 is 0. The van der Waals surface area contributed by atoms with Gasteiger partial charge in [-0.3, -0.25) is 0 Å². The summed E-state index contributed by atoms with van der Waals surface area (Å²) in [5.74, 6) is 2.67. The average molecular weight is 509 g/mol. The van der Waals surface area contributed by atoms with E-state index in [1.165, 1.54) is 30.4 Å². The average Bonchev–Trinajstić information content (AvgIpc) is 2.87. The van der Waals surface area contributed by atoms with Crippen LogP contribution in [0.25, 0.3) is 0 Å². The highest BCUT2D eigenvalue weighted by molar-refractivity contribution is 5.15. The van der Waals surface area contributed by atoms with Crippen LogP contribution in [0.3, 0.4) is 0 Å². The Hall–Kier alpha value is -1.72. The lowest BCUT2D eigenvalue weighted by molar-refractivity contribution is 0.248. The molecule has 0 fully saturated rings. The Kier molecular flexibility index (Phi) is 38.3. The van der Waals surface area contributed by atoms with Gasteiger partial charge in [0.25, 0.3) is 0 Å². The van der Waals surface area contributed by atoms with Crippen molar-refractivity contribution in [1.29, 1.82) is 0 Å². The Labute approximate surface area is 224 Å². The zero-order valence-corrected chi connectivity index (χ0v) is 25.1. The maximum Gasteiger partial charge on any atom is 0.0453 e. The summed E-state index contributed by atoms with van der Waals surface area (Å²) in [6.07, 6.45) is 4.64. The third-order valence-corrected chi connectivity index (χ3v) is 4.41. The molecule has 0 spiro atoms. The Morgan fingerprint density at radius 2 is 0.861 bits per heavy atom. The highest BCUT2D eigenvalue weighted by Crippen LogP contribution is 2.08. The SMILES string of the molecule is CC(C)CCO.CC(C)CCc1ccccc1.CC(C)CO.CC(C)Cc1ccccc1.CO.CO. The molecular formula is C32H60O4. The van der Waals surface area contributed by atoms with E-state index in [1.807, 2.05) is 13.8 Å². The molecule has 2 rings (SSSR count). The van der Waals surface area contributed by atoms with E-state index in [2.05, 4.69) is 102 Å². The van der Waals surface area contributed by atoms with Crippen LogP contribution < -0.4 is 0 Å². The Morgan fingerprint density at radius 3 is 1.11 bits per heavy atom. The predicted octanol–water partition coefficient (Wildman–Crippen LogP) is 7.04. The molecule has 0 heterocycles. The molecule has 4 heteroatoms. The maximum atomic E-state index is 8.24. The number of aliphatic hydroxyl groups is 4. The van der Waals surface area contributed by atoms with Crippen molar-refractivity contribution >= 4 is 0 Å². The molecule has 4 N–H and O–H groups in total. The van der Waals surface area contributed by atoms with Crippen molar-refractivity contribution in [2.75, 3.05) is 27.4 Å². The summed E-state index contributed by atoms with van der Waals surface area (Å²) in [5.41, 5.74) is 2.90. The zero-order chi connectivity index (χ0) is 28.8. The van der Waals surface area contributed by atoms with E-state index in [0.717, 1.165) is 32.5 Å². The smallest absolute Gasteiger partial charge is 0.0453 e. The van der Waals surface area contributed by atoms with E-state index in [4.69, 9.17) is 20.4 Å². The van der Waals surface area contributed by atoms with Gasteiger partial charge >= 0.3 is 0 Å². The highest BCUT2D eigenvalue weighted by Gasteiger charge is 1.95. The minimum Gasteiger partial charge on any atom is -0.400 e. The van der Waals surface area contributed by atoms with Crippen molar-refractivity contribution in [3.8, 4) is 0 Å². The molecule has 0 amide bonds. The van der Waals surface area contributed by atoms with Gasteiger partial charge in [-0.15, -0.1) is 0 Å². The molecule has 0 aliphatic rings. The summed E-state index contributed by atoms with van der Waals surface area (Å²) < 4.78 is 0. The minimum absolute atomic E-state index is 0.306. The lowest BCUT2D eigenvalue weighted by Gasteiger charge is -2.03. The van der Waals surface area contributed by atoms with Crippen molar-refractivity contribution < 1.29 is 20.4 Å². The van der Waals surface area contributed by atoms with Gasteiger partial charge in [0.15, 0.2) is 0 Å². The summed E-state index contributed by atoms with van der Waals surface area (Å²) in [6, 6.07) is 21.3. The minimum atomic E-state index is 0.306. The van der Waals surface area contributed by atoms with Crippen molar-refractivity contribution in [3.63, 3.8) is 0 Å². The van der Waals surface area contributed by atoms with Gasteiger partial charge in [0.05, 0.1) is 0 Å². The first-order valence-corrected chi connectivity index (χ1v) is 13.3. The number of hydrogen-bond acceptors (Lipinski definition) is 4. The van der Waals surface area contributed by atoms with Crippen molar-refractivity contribution in [3.05, 3.63) is 71.8 Å². The van der Waals surface area contributed by atoms with E-state index in [-0.39, 0.29) is 0 Å². The quantitative estimate of drug-likeness (QED) is 0.308. The molecule has 0 unspecified atom stereocenters. The number of aliphatic hydroxyl groups excluding tert-OH is 4. The van der Waals surface area contributed by atoms with Gasteiger partial charge < -0.3 is 20.4 Å². The number of hydrogen-bond donors (Lipinski definition) is 4. The highest BCUT2D eigenvalue weighted by atomic mass is 16.3. The van der Waals surface area contributed by atoms with Gasteiger partial charge in [0.2, 0.25) is 0 Å². The summed E-state index contributed by atoms with van der Waals surface area (Å²) in [7, 11) is 2.00. The van der Waals surface area contributed by atoms with E-state index in [1.54, 1.807) is 0 Å². The summed E-state index contributed by atoms with van der Waals surface area (Å²) in [6.45, 7) is 17.8. The molecule has 36 heavy (non-hydrogen) atoms. The topological polar surface area (TPSA) is 80.9 Å². The first kappa shape index (κ1) is 41.4. The second-order valence-electron chi connectivity index (χ2n) is 9.98. The molecule has 0 atom stereocenters. The molecule has 2 aromatic rings. The van der Waals surface area contributed by atoms with E-state index < -0.39 is 0 Å². The van der Waals surface area contributed by atoms with E-state index in [9.17, 15) is 0 Å². The molecule has 2 aromatic carbocycles. The molecule has 0 aliphatic heterocycles. The van der Waals surface area contributed by atoms with Crippen LogP contribution >= 0.6 is 0 Å². The van der Waals surface area contributed by atoms with Gasteiger partial charge in [-0.05, 0) is 60.5 Å². The van der Waals surface area contributed by atoms with Crippen LogP contribution in [-0.2, 0) is 12.8 Å². The predicted molar refractivity (Wildman–Crippen MR) is 159 cm³/mol. The number of benzene rings is 2. The number of rotatable bonds is 8. The molecule has 4 nitrogen and oxygen atoms in total. The largest absolute Gasteiger partial charge is 0.400 e. The number of aryl methyl sites for hydroxylation is 1. The van der Waals surface area contributed by atoms with Crippen LogP contribution in [0.2, 0.25) is 0 Å².